The predicted octanol–water partition coefficient (Wildman–Crippen LogP) is -0.574. The van der Waals surface area contributed by atoms with Gasteiger partial charge in [0.05, 0.1) is 0 Å². The van der Waals surface area contributed by atoms with Crippen molar-refractivity contribution in [1.82, 2.24) is 0 Å². The summed E-state index contributed by atoms with van der Waals surface area (Å²) < 4.78 is 64.7. The third-order valence-electron chi connectivity index (χ3n) is 1.63. The third kappa shape index (κ3) is 5.72. The van der Waals surface area contributed by atoms with Crippen LogP contribution in [0.5, 0.6) is 0 Å². The summed E-state index contributed by atoms with van der Waals surface area (Å²) in [7, 11) is -8.96. The van der Waals surface area contributed by atoms with E-state index in [4.69, 9.17) is 9.11 Å². The Morgan fingerprint density at radius 1 is 0.938 bits per heavy atom. The molecule has 0 bridgehead atoms. The van der Waals surface area contributed by atoms with Crippen molar-refractivity contribution in [2.45, 2.75) is 37.6 Å². The summed E-state index contributed by atoms with van der Waals surface area (Å²) in [6, 6.07) is 0. The fourth-order valence-corrected chi connectivity index (χ4v) is 2.39. The van der Waals surface area contributed by atoms with Gasteiger partial charge in [-0.15, -0.1) is 0 Å². The van der Waals surface area contributed by atoms with Gasteiger partial charge >= 0.3 is 0 Å². The number of hydrogen-bond donors (Lipinski definition) is 2. The molecule has 0 saturated carbocycles. The van der Waals surface area contributed by atoms with Crippen molar-refractivity contribution in [1.29, 1.82) is 0 Å². The Balaban J connectivity index is 0. The first-order valence-corrected chi connectivity index (χ1v) is 7.21. The maximum atomic E-state index is 10.7. The minimum atomic E-state index is -4.48. The lowest BCUT2D eigenvalue weighted by Gasteiger charge is -2.18. The monoisotopic (exact) mass is 280 g/mol. The summed E-state index contributed by atoms with van der Waals surface area (Å²) in [5.74, 6) is 0. The second-order valence-electron chi connectivity index (χ2n) is 2.84. The fraction of sp³-hybridized carbons (Fsp3) is 1.00. The SMILES string of the molecule is CCC(OC(CC)S(=O)(=O)O)S(=O)(=O)O.O. The fourth-order valence-electron chi connectivity index (χ4n) is 0.923. The smallest absolute Gasteiger partial charge is 0.292 e. The van der Waals surface area contributed by atoms with E-state index >= 15 is 0 Å². The van der Waals surface area contributed by atoms with Crippen molar-refractivity contribution in [3.63, 3.8) is 0 Å². The summed E-state index contributed by atoms with van der Waals surface area (Å²) in [5.41, 5.74) is -3.30. The van der Waals surface area contributed by atoms with Gasteiger partial charge in [-0.3, -0.25) is 9.11 Å². The van der Waals surface area contributed by atoms with E-state index in [1.807, 2.05) is 0 Å². The molecule has 0 heterocycles. The first-order valence-electron chi connectivity index (χ1n) is 4.21. The van der Waals surface area contributed by atoms with E-state index in [2.05, 4.69) is 4.74 Å². The normalized spacial score (nSPS) is 16.2. The van der Waals surface area contributed by atoms with Gasteiger partial charge in [0.2, 0.25) is 0 Å². The molecule has 2 atom stereocenters. The van der Waals surface area contributed by atoms with Crippen LogP contribution in [0.1, 0.15) is 26.7 Å². The zero-order valence-corrected chi connectivity index (χ0v) is 10.5. The van der Waals surface area contributed by atoms with Crippen molar-refractivity contribution in [2.24, 2.45) is 0 Å². The second kappa shape index (κ2) is 6.47. The second-order valence-corrected chi connectivity index (χ2v) is 5.95. The Bertz CT molecular complexity index is 345. The van der Waals surface area contributed by atoms with Crippen molar-refractivity contribution >= 4 is 20.2 Å². The lowest BCUT2D eigenvalue weighted by Crippen LogP contribution is -2.32. The van der Waals surface area contributed by atoms with Crippen molar-refractivity contribution < 1.29 is 36.2 Å². The Morgan fingerprint density at radius 3 is 1.31 bits per heavy atom. The van der Waals surface area contributed by atoms with E-state index in [0.717, 1.165) is 0 Å². The summed E-state index contributed by atoms with van der Waals surface area (Å²) >= 11 is 0. The van der Waals surface area contributed by atoms with E-state index in [1.54, 1.807) is 0 Å². The van der Waals surface area contributed by atoms with Crippen LogP contribution in [0.15, 0.2) is 0 Å². The lowest BCUT2D eigenvalue weighted by atomic mass is 10.5. The van der Waals surface area contributed by atoms with Gasteiger partial charge in [-0.25, -0.2) is 0 Å². The Kier molecular flexibility index (Phi) is 7.32. The van der Waals surface area contributed by atoms with Crippen LogP contribution >= 0.6 is 0 Å². The average Bonchev–Trinajstić information content (AvgIpc) is 2.01. The van der Waals surface area contributed by atoms with Crippen LogP contribution in [0.3, 0.4) is 0 Å². The van der Waals surface area contributed by atoms with E-state index < -0.39 is 31.1 Å². The molecular formula is C6H16O8S2. The predicted molar refractivity (Wildman–Crippen MR) is 56.0 cm³/mol. The van der Waals surface area contributed by atoms with Crippen LogP contribution in [0.4, 0.5) is 0 Å². The third-order valence-corrected chi connectivity index (χ3v) is 3.85. The van der Waals surface area contributed by atoms with Gasteiger partial charge in [0, 0.05) is 0 Å². The Hall–Kier alpha value is -0.260. The van der Waals surface area contributed by atoms with Crippen LogP contribution in [0, 0.1) is 0 Å². The van der Waals surface area contributed by atoms with E-state index in [-0.39, 0.29) is 18.3 Å². The van der Waals surface area contributed by atoms with Crippen molar-refractivity contribution in [3.05, 3.63) is 0 Å². The first-order chi connectivity index (χ1) is 6.62. The maximum absolute atomic E-state index is 10.7. The highest BCUT2D eigenvalue weighted by atomic mass is 32.2. The molecule has 0 aromatic heterocycles. The molecule has 0 fully saturated rings. The van der Waals surface area contributed by atoms with E-state index in [0.29, 0.717) is 0 Å². The van der Waals surface area contributed by atoms with Crippen LogP contribution in [-0.2, 0) is 25.0 Å². The highest BCUT2D eigenvalue weighted by Crippen LogP contribution is 2.14. The molecule has 0 aromatic rings. The number of hydrogen-bond acceptors (Lipinski definition) is 5. The van der Waals surface area contributed by atoms with Gasteiger partial charge in [0.15, 0.2) is 10.9 Å². The molecule has 100 valence electrons. The minimum absolute atomic E-state index is 0. The Morgan fingerprint density at radius 2 is 1.19 bits per heavy atom. The quantitative estimate of drug-likeness (QED) is 0.618. The zero-order chi connectivity index (χ0) is 12.3. The van der Waals surface area contributed by atoms with Gasteiger partial charge in [-0.1, -0.05) is 13.8 Å². The highest BCUT2D eigenvalue weighted by molar-refractivity contribution is 7.87. The standard InChI is InChI=1S/C6H14O7S2.H2O/c1-3-5(14(7,8)9)13-6(4-2)15(10,11)12;/h5-6H,3-4H2,1-2H3,(H,7,8,9)(H,10,11,12);1H2. The molecule has 16 heavy (non-hydrogen) atoms. The maximum Gasteiger partial charge on any atom is 0.292 e. The van der Waals surface area contributed by atoms with Crippen molar-refractivity contribution in [3.8, 4) is 0 Å². The van der Waals surface area contributed by atoms with Crippen LogP contribution in [-0.4, -0.2) is 42.3 Å². The molecule has 8 nitrogen and oxygen atoms in total. The molecule has 0 aliphatic rings. The highest BCUT2D eigenvalue weighted by Gasteiger charge is 2.30. The lowest BCUT2D eigenvalue weighted by molar-refractivity contribution is 0.0639. The minimum Gasteiger partial charge on any atom is -0.412 e. The van der Waals surface area contributed by atoms with Gasteiger partial charge in [-0.05, 0) is 12.8 Å². The van der Waals surface area contributed by atoms with Crippen molar-refractivity contribution in [2.75, 3.05) is 0 Å². The first kappa shape index (κ1) is 18.1. The molecule has 0 aromatic carbocycles. The molecule has 0 rings (SSSR count). The van der Waals surface area contributed by atoms with Gasteiger partial charge < -0.3 is 10.2 Å². The van der Waals surface area contributed by atoms with Gasteiger partial charge in [0.1, 0.15) is 0 Å². The zero-order valence-electron chi connectivity index (χ0n) is 8.82. The summed E-state index contributed by atoms with van der Waals surface area (Å²) in [6.45, 7) is 2.80. The summed E-state index contributed by atoms with van der Waals surface area (Å²) in [5, 5.41) is 0. The molecule has 0 aliphatic heterocycles. The number of ether oxygens (including phenoxy) is 1. The topological polar surface area (TPSA) is 149 Å². The largest absolute Gasteiger partial charge is 0.412 e. The molecule has 0 aliphatic carbocycles. The van der Waals surface area contributed by atoms with E-state index in [9.17, 15) is 16.8 Å². The summed E-state index contributed by atoms with van der Waals surface area (Å²) in [4.78, 5) is 0. The van der Waals surface area contributed by atoms with Crippen LogP contribution < -0.4 is 0 Å². The molecule has 0 amide bonds. The molecule has 0 spiro atoms. The molecule has 4 N–H and O–H groups in total. The molecule has 0 saturated heterocycles. The van der Waals surface area contributed by atoms with Crippen LogP contribution in [0.2, 0.25) is 0 Å². The van der Waals surface area contributed by atoms with Gasteiger partial charge in [-0.2, -0.15) is 16.8 Å². The summed E-state index contributed by atoms with van der Waals surface area (Å²) in [6.07, 6.45) is -0.240. The molecule has 2 unspecified atom stereocenters. The van der Waals surface area contributed by atoms with E-state index in [1.165, 1.54) is 13.8 Å². The van der Waals surface area contributed by atoms with Crippen LogP contribution in [0.25, 0.3) is 0 Å². The molecule has 10 heteroatoms. The average molecular weight is 280 g/mol. The molecular weight excluding hydrogens is 264 g/mol. The Labute approximate surface area is 94.4 Å². The molecule has 0 radical (unpaired) electrons. The van der Waals surface area contributed by atoms with Gasteiger partial charge in [0.25, 0.3) is 20.2 Å². The number of rotatable bonds is 6.